The molecule has 1 aromatic carbocycles. The van der Waals surface area contributed by atoms with Crippen LogP contribution in [0.1, 0.15) is 30.4 Å². The fourth-order valence-corrected chi connectivity index (χ4v) is 3.43. The third-order valence-electron chi connectivity index (χ3n) is 4.42. The lowest BCUT2D eigenvalue weighted by atomic mass is 9.86. The van der Waals surface area contributed by atoms with E-state index >= 15 is 0 Å². The zero-order valence-corrected chi connectivity index (χ0v) is 13.4. The van der Waals surface area contributed by atoms with Gasteiger partial charge in [-0.2, -0.15) is 0 Å². The van der Waals surface area contributed by atoms with Gasteiger partial charge in [-0.3, -0.25) is 4.90 Å². The minimum atomic E-state index is 0.561. The first-order chi connectivity index (χ1) is 10.7. The lowest BCUT2D eigenvalue weighted by Gasteiger charge is -2.36. The largest absolute Gasteiger partial charge is 0.481 e. The first kappa shape index (κ1) is 15.0. The molecule has 2 atom stereocenters. The molecule has 1 saturated heterocycles. The van der Waals surface area contributed by atoms with E-state index in [0.717, 1.165) is 13.1 Å². The van der Waals surface area contributed by atoms with Crippen LogP contribution in [0.15, 0.2) is 48.7 Å². The van der Waals surface area contributed by atoms with Crippen LogP contribution >= 0.6 is 0 Å². The van der Waals surface area contributed by atoms with E-state index in [1.165, 1.54) is 24.1 Å². The number of nitrogens with zero attached hydrogens (tertiary/aromatic N) is 2. The summed E-state index contributed by atoms with van der Waals surface area (Å²) in [4.78, 5) is 6.93. The van der Waals surface area contributed by atoms with Crippen LogP contribution in [0, 0.1) is 5.92 Å². The topological polar surface area (TPSA) is 25.4 Å². The van der Waals surface area contributed by atoms with Gasteiger partial charge in [0.25, 0.3) is 0 Å². The molecule has 2 heterocycles. The molecule has 3 rings (SSSR count). The molecule has 0 bridgehead atoms. The Balaban J connectivity index is 1.70. The van der Waals surface area contributed by atoms with Gasteiger partial charge in [-0.25, -0.2) is 4.98 Å². The van der Waals surface area contributed by atoms with Crippen LogP contribution in [0.5, 0.6) is 5.88 Å². The number of methoxy groups -OCH3 is 1. The molecule has 22 heavy (non-hydrogen) atoms. The van der Waals surface area contributed by atoms with Crippen molar-refractivity contribution < 1.29 is 4.74 Å². The van der Waals surface area contributed by atoms with E-state index in [1.807, 2.05) is 12.3 Å². The minimum Gasteiger partial charge on any atom is -0.481 e. The maximum atomic E-state index is 5.16. The second-order valence-corrected chi connectivity index (χ2v) is 6.35. The molecule has 0 spiro atoms. The van der Waals surface area contributed by atoms with Gasteiger partial charge in [0, 0.05) is 31.9 Å². The van der Waals surface area contributed by atoms with Crippen molar-refractivity contribution in [1.29, 1.82) is 0 Å². The Hall–Kier alpha value is -1.87. The molecular weight excluding hydrogens is 272 g/mol. The molecule has 1 aromatic heterocycles. The molecular formula is C19H24N2O. The molecule has 116 valence electrons. The van der Waals surface area contributed by atoms with Gasteiger partial charge < -0.3 is 4.74 Å². The van der Waals surface area contributed by atoms with Gasteiger partial charge in [0.1, 0.15) is 0 Å². The van der Waals surface area contributed by atoms with Crippen molar-refractivity contribution >= 4 is 0 Å². The fourth-order valence-electron chi connectivity index (χ4n) is 3.43. The second kappa shape index (κ2) is 6.93. The summed E-state index contributed by atoms with van der Waals surface area (Å²) >= 11 is 0. The van der Waals surface area contributed by atoms with Gasteiger partial charge >= 0.3 is 0 Å². The van der Waals surface area contributed by atoms with Crippen molar-refractivity contribution in [1.82, 2.24) is 9.88 Å². The third-order valence-corrected chi connectivity index (χ3v) is 4.42. The number of hydrogen-bond donors (Lipinski definition) is 0. The van der Waals surface area contributed by atoms with Crippen molar-refractivity contribution in [3.63, 3.8) is 0 Å². The average Bonchev–Trinajstić information content (AvgIpc) is 2.55. The summed E-state index contributed by atoms with van der Waals surface area (Å²) in [5.74, 6) is 1.96. The summed E-state index contributed by atoms with van der Waals surface area (Å²) < 4.78 is 5.16. The number of benzene rings is 1. The number of hydrogen-bond acceptors (Lipinski definition) is 3. The smallest absolute Gasteiger partial charge is 0.212 e. The quantitative estimate of drug-likeness (QED) is 0.860. The maximum absolute atomic E-state index is 5.16. The summed E-state index contributed by atoms with van der Waals surface area (Å²) in [6, 6.07) is 14.9. The van der Waals surface area contributed by atoms with E-state index in [0.29, 0.717) is 17.7 Å². The van der Waals surface area contributed by atoms with Gasteiger partial charge in [0.05, 0.1) is 7.11 Å². The van der Waals surface area contributed by atoms with Crippen molar-refractivity contribution in [2.24, 2.45) is 5.92 Å². The van der Waals surface area contributed by atoms with E-state index in [-0.39, 0.29) is 0 Å². The average molecular weight is 296 g/mol. The Labute approximate surface area is 132 Å². The number of aromatic nitrogens is 1. The summed E-state index contributed by atoms with van der Waals surface area (Å²) in [5, 5.41) is 0. The van der Waals surface area contributed by atoms with Gasteiger partial charge in [-0.05, 0) is 29.4 Å². The number of likely N-dealkylation sites (tertiary alicyclic amines) is 1. The number of ether oxygens (including phenoxy) is 1. The summed E-state index contributed by atoms with van der Waals surface area (Å²) in [6.45, 7) is 5.66. The Bertz CT molecular complexity index is 582. The molecule has 1 aliphatic heterocycles. The standard InChI is InChI=1S/C19H24N2O/c1-15-10-18(17-8-9-19(22-2)20-11-17)14-21(12-15)13-16-6-4-3-5-7-16/h3-9,11,15,18H,10,12-14H2,1-2H3/t15-,18-/m0/s1. The van der Waals surface area contributed by atoms with Crippen molar-refractivity contribution in [3.8, 4) is 5.88 Å². The van der Waals surface area contributed by atoms with Crippen LogP contribution < -0.4 is 4.74 Å². The van der Waals surface area contributed by atoms with E-state index in [1.54, 1.807) is 7.11 Å². The third kappa shape index (κ3) is 3.66. The lowest BCUT2D eigenvalue weighted by molar-refractivity contribution is 0.156. The van der Waals surface area contributed by atoms with Crippen molar-refractivity contribution in [2.45, 2.75) is 25.8 Å². The molecule has 3 nitrogen and oxygen atoms in total. The Morgan fingerprint density at radius 2 is 1.95 bits per heavy atom. The SMILES string of the molecule is COc1ccc([C@H]2C[C@H](C)CN(Cc3ccccc3)C2)cn1. The highest BCUT2D eigenvalue weighted by molar-refractivity contribution is 5.22. The molecule has 2 aromatic rings. The first-order valence-corrected chi connectivity index (χ1v) is 8.01. The summed E-state index contributed by atoms with van der Waals surface area (Å²) in [6.07, 6.45) is 3.21. The van der Waals surface area contributed by atoms with E-state index in [9.17, 15) is 0 Å². The van der Waals surface area contributed by atoms with Crippen LogP contribution in [0.25, 0.3) is 0 Å². The number of rotatable bonds is 4. The first-order valence-electron chi connectivity index (χ1n) is 8.01. The fraction of sp³-hybridized carbons (Fsp3) is 0.421. The van der Waals surface area contributed by atoms with E-state index in [2.05, 4.69) is 53.2 Å². The van der Waals surface area contributed by atoms with Crippen LogP contribution in [0.3, 0.4) is 0 Å². The van der Waals surface area contributed by atoms with Crippen LogP contribution in [-0.4, -0.2) is 30.1 Å². The molecule has 0 aliphatic carbocycles. The monoisotopic (exact) mass is 296 g/mol. The van der Waals surface area contributed by atoms with Crippen LogP contribution in [-0.2, 0) is 6.54 Å². The molecule has 0 radical (unpaired) electrons. The molecule has 0 unspecified atom stereocenters. The van der Waals surface area contributed by atoms with Crippen LogP contribution in [0.4, 0.5) is 0 Å². The maximum Gasteiger partial charge on any atom is 0.212 e. The van der Waals surface area contributed by atoms with Gasteiger partial charge in [-0.15, -0.1) is 0 Å². The normalized spacial score (nSPS) is 22.5. The molecule has 0 saturated carbocycles. The van der Waals surface area contributed by atoms with Crippen molar-refractivity contribution in [2.75, 3.05) is 20.2 Å². The number of piperidine rings is 1. The zero-order chi connectivity index (χ0) is 15.4. The summed E-state index contributed by atoms with van der Waals surface area (Å²) in [7, 11) is 1.66. The Morgan fingerprint density at radius 3 is 2.64 bits per heavy atom. The minimum absolute atomic E-state index is 0.561. The molecule has 1 aliphatic rings. The van der Waals surface area contributed by atoms with Crippen LogP contribution in [0.2, 0.25) is 0 Å². The van der Waals surface area contributed by atoms with Gasteiger partial charge in [-0.1, -0.05) is 43.3 Å². The highest BCUT2D eigenvalue weighted by atomic mass is 16.5. The predicted molar refractivity (Wildman–Crippen MR) is 89.0 cm³/mol. The zero-order valence-electron chi connectivity index (χ0n) is 13.4. The highest BCUT2D eigenvalue weighted by Gasteiger charge is 2.26. The lowest BCUT2D eigenvalue weighted by Crippen LogP contribution is -2.38. The van der Waals surface area contributed by atoms with Gasteiger partial charge in [0.15, 0.2) is 0 Å². The van der Waals surface area contributed by atoms with Crippen molar-refractivity contribution in [3.05, 3.63) is 59.8 Å². The molecule has 0 amide bonds. The molecule has 0 N–H and O–H groups in total. The molecule has 3 heteroatoms. The Kier molecular flexibility index (Phi) is 4.74. The van der Waals surface area contributed by atoms with E-state index in [4.69, 9.17) is 4.74 Å². The highest BCUT2D eigenvalue weighted by Crippen LogP contribution is 2.31. The van der Waals surface area contributed by atoms with E-state index < -0.39 is 0 Å². The van der Waals surface area contributed by atoms with Gasteiger partial charge in [0.2, 0.25) is 5.88 Å². The summed E-state index contributed by atoms with van der Waals surface area (Å²) in [5.41, 5.74) is 2.72. The predicted octanol–water partition coefficient (Wildman–Crippen LogP) is 3.72. The Morgan fingerprint density at radius 1 is 1.14 bits per heavy atom. The second-order valence-electron chi connectivity index (χ2n) is 6.35. The molecule has 1 fully saturated rings. The number of pyridine rings is 1.